The van der Waals surface area contributed by atoms with E-state index in [4.69, 9.17) is 9.47 Å². The number of ether oxygens (including phenoxy) is 2. The summed E-state index contributed by atoms with van der Waals surface area (Å²) in [6.45, 7) is 2.01. The number of benzene rings is 1. The van der Waals surface area contributed by atoms with Gasteiger partial charge in [0.2, 0.25) is 0 Å². The first-order valence-corrected chi connectivity index (χ1v) is 8.31. The van der Waals surface area contributed by atoms with E-state index in [-0.39, 0.29) is 12.0 Å². The van der Waals surface area contributed by atoms with E-state index in [0.717, 1.165) is 24.2 Å². The molecular formula is C18H25NO3. The molecule has 22 heavy (non-hydrogen) atoms. The second-order valence-electron chi connectivity index (χ2n) is 6.30. The Balaban J connectivity index is 1.63. The van der Waals surface area contributed by atoms with E-state index in [9.17, 15) is 4.79 Å². The third-order valence-corrected chi connectivity index (χ3v) is 4.82. The molecule has 4 nitrogen and oxygen atoms in total. The second-order valence-corrected chi connectivity index (χ2v) is 6.30. The van der Waals surface area contributed by atoms with Gasteiger partial charge in [-0.2, -0.15) is 0 Å². The predicted molar refractivity (Wildman–Crippen MR) is 84.7 cm³/mol. The maximum atomic E-state index is 12.7. The maximum absolute atomic E-state index is 12.7. The molecule has 1 saturated heterocycles. The van der Waals surface area contributed by atoms with Gasteiger partial charge in [0, 0.05) is 13.1 Å². The van der Waals surface area contributed by atoms with Crippen LogP contribution in [0.3, 0.4) is 0 Å². The van der Waals surface area contributed by atoms with Crippen LogP contribution >= 0.6 is 0 Å². The van der Waals surface area contributed by atoms with Crippen molar-refractivity contribution in [2.45, 2.75) is 44.8 Å². The molecule has 1 aliphatic carbocycles. The summed E-state index contributed by atoms with van der Waals surface area (Å²) in [4.78, 5) is 14.7. The molecule has 3 rings (SSSR count). The molecule has 0 N–H and O–H groups in total. The van der Waals surface area contributed by atoms with E-state index < -0.39 is 0 Å². The van der Waals surface area contributed by atoms with Gasteiger partial charge in [-0.1, -0.05) is 31.4 Å². The summed E-state index contributed by atoms with van der Waals surface area (Å²) in [6, 6.07) is 7.94. The summed E-state index contributed by atoms with van der Waals surface area (Å²) in [7, 11) is 1.66. The smallest absolute Gasteiger partial charge is 0.252 e. The number of hydrogen-bond acceptors (Lipinski definition) is 3. The van der Waals surface area contributed by atoms with Gasteiger partial charge in [-0.3, -0.25) is 4.79 Å². The van der Waals surface area contributed by atoms with Crippen molar-refractivity contribution in [2.24, 2.45) is 5.92 Å². The minimum atomic E-state index is -0.215. The van der Waals surface area contributed by atoms with Crippen LogP contribution < -0.4 is 4.74 Å². The third kappa shape index (κ3) is 3.43. The van der Waals surface area contributed by atoms with Gasteiger partial charge in [0.1, 0.15) is 11.9 Å². The summed E-state index contributed by atoms with van der Waals surface area (Å²) in [5.74, 6) is 1.44. The molecule has 0 radical (unpaired) electrons. The van der Waals surface area contributed by atoms with Crippen LogP contribution in [0.15, 0.2) is 24.3 Å². The summed E-state index contributed by atoms with van der Waals surface area (Å²) in [5.41, 5.74) is 1.14. The van der Waals surface area contributed by atoms with Gasteiger partial charge >= 0.3 is 0 Å². The van der Waals surface area contributed by atoms with E-state index in [0.29, 0.717) is 25.6 Å². The zero-order valence-electron chi connectivity index (χ0n) is 13.3. The van der Waals surface area contributed by atoms with Gasteiger partial charge in [0.15, 0.2) is 0 Å². The molecular weight excluding hydrogens is 278 g/mol. The molecule has 0 aromatic heterocycles. The highest BCUT2D eigenvalue weighted by Crippen LogP contribution is 2.30. The van der Waals surface area contributed by atoms with Crippen LogP contribution in [-0.4, -0.2) is 37.2 Å². The molecule has 0 spiro atoms. The fourth-order valence-corrected chi connectivity index (χ4v) is 3.53. The van der Waals surface area contributed by atoms with Crippen LogP contribution in [0.1, 0.15) is 37.7 Å². The van der Waals surface area contributed by atoms with Crippen molar-refractivity contribution in [1.82, 2.24) is 4.90 Å². The van der Waals surface area contributed by atoms with Crippen molar-refractivity contribution in [1.29, 1.82) is 0 Å². The SMILES string of the molecule is COc1ccc(CN2CCOC(C3CCCCC3)C2=O)cc1. The Morgan fingerprint density at radius 2 is 1.91 bits per heavy atom. The highest BCUT2D eigenvalue weighted by molar-refractivity contribution is 5.81. The van der Waals surface area contributed by atoms with Crippen LogP contribution in [0, 0.1) is 5.92 Å². The molecule has 1 unspecified atom stereocenters. The van der Waals surface area contributed by atoms with E-state index in [1.54, 1.807) is 7.11 Å². The molecule has 1 amide bonds. The Hall–Kier alpha value is -1.55. The Morgan fingerprint density at radius 3 is 2.59 bits per heavy atom. The zero-order valence-corrected chi connectivity index (χ0v) is 13.3. The summed E-state index contributed by atoms with van der Waals surface area (Å²) >= 11 is 0. The van der Waals surface area contributed by atoms with Crippen molar-refractivity contribution in [3.8, 4) is 5.75 Å². The number of carbonyl (C=O) groups is 1. The predicted octanol–water partition coefficient (Wildman–Crippen LogP) is 3.00. The quantitative estimate of drug-likeness (QED) is 0.858. The van der Waals surface area contributed by atoms with Crippen LogP contribution in [0.2, 0.25) is 0 Å². The van der Waals surface area contributed by atoms with Crippen LogP contribution in [0.4, 0.5) is 0 Å². The monoisotopic (exact) mass is 303 g/mol. The van der Waals surface area contributed by atoms with Gasteiger partial charge in [0.05, 0.1) is 13.7 Å². The fraction of sp³-hybridized carbons (Fsp3) is 0.611. The number of rotatable bonds is 4. The molecule has 1 aromatic carbocycles. The standard InChI is InChI=1S/C18H25NO3/c1-21-16-9-7-14(8-10-16)13-19-11-12-22-17(18(19)20)15-5-3-2-4-6-15/h7-10,15,17H,2-6,11-13H2,1H3. The van der Waals surface area contributed by atoms with Gasteiger partial charge < -0.3 is 14.4 Å². The van der Waals surface area contributed by atoms with E-state index in [1.807, 2.05) is 29.2 Å². The minimum absolute atomic E-state index is 0.175. The summed E-state index contributed by atoms with van der Waals surface area (Å²) in [5, 5.41) is 0. The number of methoxy groups -OCH3 is 1. The molecule has 1 aliphatic heterocycles. The Kier molecular flexibility index (Phi) is 4.98. The van der Waals surface area contributed by atoms with Gasteiger partial charge in [-0.25, -0.2) is 0 Å². The molecule has 1 heterocycles. The molecule has 2 fully saturated rings. The first-order chi connectivity index (χ1) is 10.8. The number of carbonyl (C=O) groups excluding carboxylic acids is 1. The molecule has 1 atom stereocenters. The lowest BCUT2D eigenvalue weighted by Gasteiger charge is -2.37. The Morgan fingerprint density at radius 1 is 1.18 bits per heavy atom. The van der Waals surface area contributed by atoms with E-state index >= 15 is 0 Å². The van der Waals surface area contributed by atoms with Gasteiger partial charge in [-0.05, 0) is 36.5 Å². The van der Waals surface area contributed by atoms with Crippen molar-refractivity contribution in [3.05, 3.63) is 29.8 Å². The minimum Gasteiger partial charge on any atom is -0.497 e. The number of morpholine rings is 1. The highest BCUT2D eigenvalue weighted by atomic mass is 16.5. The molecule has 2 aliphatic rings. The topological polar surface area (TPSA) is 38.8 Å². The molecule has 4 heteroatoms. The summed E-state index contributed by atoms with van der Waals surface area (Å²) < 4.78 is 11.0. The normalized spacial score (nSPS) is 23.6. The second kappa shape index (κ2) is 7.14. The fourth-order valence-electron chi connectivity index (χ4n) is 3.53. The van der Waals surface area contributed by atoms with Gasteiger partial charge in [0.25, 0.3) is 5.91 Å². The van der Waals surface area contributed by atoms with Crippen molar-refractivity contribution >= 4 is 5.91 Å². The van der Waals surface area contributed by atoms with E-state index in [1.165, 1.54) is 19.3 Å². The molecule has 120 valence electrons. The van der Waals surface area contributed by atoms with Crippen LogP contribution in [-0.2, 0) is 16.1 Å². The number of nitrogens with zero attached hydrogens (tertiary/aromatic N) is 1. The highest BCUT2D eigenvalue weighted by Gasteiger charge is 2.36. The lowest BCUT2D eigenvalue weighted by molar-refractivity contribution is -0.159. The van der Waals surface area contributed by atoms with Crippen molar-refractivity contribution in [3.63, 3.8) is 0 Å². The molecule has 1 saturated carbocycles. The van der Waals surface area contributed by atoms with Gasteiger partial charge in [-0.15, -0.1) is 0 Å². The molecule has 1 aromatic rings. The third-order valence-electron chi connectivity index (χ3n) is 4.82. The lowest BCUT2D eigenvalue weighted by Crippen LogP contribution is -2.50. The zero-order chi connectivity index (χ0) is 15.4. The largest absolute Gasteiger partial charge is 0.497 e. The average molecular weight is 303 g/mol. The summed E-state index contributed by atoms with van der Waals surface area (Å²) in [6.07, 6.45) is 5.81. The first kappa shape index (κ1) is 15.3. The first-order valence-electron chi connectivity index (χ1n) is 8.31. The maximum Gasteiger partial charge on any atom is 0.252 e. The average Bonchev–Trinajstić information content (AvgIpc) is 2.58. The van der Waals surface area contributed by atoms with Crippen molar-refractivity contribution < 1.29 is 14.3 Å². The lowest BCUT2D eigenvalue weighted by atomic mass is 9.84. The number of hydrogen-bond donors (Lipinski definition) is 0. The molecule has 0 bridgehead atoms. The Bertz CT molecular complexity index is 494. The van der Waals surface area contributed by atoms with Crippen molar-refractivity contribution in [2.75, 3.05) is 20.3 Å². The van der Waals surface area contributed by atoms with E-state index in [2.05, 4.69) is 0 Å². The number of amides is 1. The Labute approximate surface area is 132 Å². The van der Waals surface area contributed by atoms with Crippen LogP contribution in [0.25, 0.3) is 0 Å². The van der Waals surface area contributed by atoms with Crippen LogP contribution in [0.5, 0.6) is 5.75 Å².